The standard InChI is InChI=1S/C17H22N2O5.C2H6/c1-12(2)22-17(21)24-23-16(20)19-11-13(9-10-18(3)4)14-7-5-6-8-15(14)19;1-2/h5-8,11-12H,9-10H2,1-4H3;1-2H3. The molecule has 0 saturated heterocycles. The van der Waals surface area contributed by atoms with Crippen LogP contribution in [-0.2, 0) is 20.9 Å². The number of hydrogen-bond acceptors (Lipinski definition) is 6. The molecule has 0 amide bonds. The molecular formula is C19H28N2O5. The number of nitrogens with zero attached hydrogens (tertiary/aromatic N) is 2. The van der Waals surface area contributed by atoms with Crippen LogP contribution in [0.25, 0.3) is 10.9 Å². The quantitative estimate of drug-likeness (QED) is 0.459. The Hall–Kier alpha value is -2.54. The van der Waals surface area contributed by atoms with E-state index in [0.717, 1.165) is 23.9 Å². The van der Waals surface area contributed by atoms with Crippen molar-refractivity contribution >= 4 is 23.2 Å². The Morgan fingerprint density at radius 2 is 1.77 bits per heavy atom. The molecule has 0 aliphatic heterocycles. The Morgan fingerprint density at radius 1 is 1.12 bits per heavy atom. The van der Waals surface area contributed by atoms with Gasteiger partial charge in [0.2, 0.25) is 0 Å². The molecule has 0 fully saturated rings. The molecule has 2 rings (SSSR count). The van der Waals surface area contributed by atoms with E-state index in [4.69, 9.17) is 4.74 Å². The summed E-state index contributed by atoms with van der Waals surface area (Å²) in [5.41, 5.74) is 1.71. The number of carbonyl (C=O) groups excluding carboxylic acids is 2. The molecule has 1 aromatic heterocycles. The molecule has 0 aliphatic carbocycles. The highest BCUT2D eigenvalue weighted by molar-refractivity contribution is 5.91. The van der Waals surface area contributed by atoms with Crippen molar-refractivity contribution in [3.63, 3.8) is 0 Å². The molecule has 7 heteroatoms. The van der Waals surface area contributed by atoms with E-state index >= 15 is 0 Å². The predicted octanol–water partition coefficient (Wildman–Crippen LogP) is 4.23. The highest BCUT2D eigenvalue weighted by atomic mass is 17.2. The van der Waals surface area contributed by atoms with Crippen molar-refractivity contribution in [1.29, 1.82) is 0 Å². The van der Waals surface area contributed by atoms with Gasteiger partial charge in [0.05, 0.1) is 11.6 Å². The summed E-state index contributed by atoms with van der Waals surface area (Å²) in [6.45, 7) is 8.18. The minimum atomic E-state index is -1.05. The monoisotopic (exact) mass is 364 g/mol. The Balaban J connectivity index is 0.00000163. The van der Waals surface area contributed by atoms with Crippen molar-refractivity contribution < 1.29 is 24.1 Å². The zero-order valence-electron chi connectivity index (χ0n) is 16.3. The smallest absolute Gasteiger partial charge is 0.429 e. The fraction of sp³-hybridized carbons (Fsp3) is 0.474. The van der Waals surface area contributed by atoms with Gasteiger partial charge in [-0.25, -0.2) is 19.1 Å². The summed E-state index contributed by atoms with van der Waals surface area (Å²) in [7, 11) is 3.98. The van der Waals surface area contributed by atoms with Crippen molar-refractivity contribution in [2.75, 3.05) is 20.6 Å². The Morgan fingerprint density at radius 3 is 2.38 bits per heavy atom. The molecule has 2 aromatic rings. The van der Waals surface area contributed by atoms with Crippen LogP contribution in [0.4, 0.5) is 9.59 Å². The summed E-state index contributed by atoms with van der Waals surface area (Å²) in [5.74, 6) is 0. The van der Waals surface area contributed by atoms with E-state index in [2.05, 4.69) is 14.7 Å². The Kier molecular flexibility index (Phi) is 8.64. The van der Waals surface area contributed by atoms with Gasteiger partial charge in [-0.3, -0.25) is 0 Å². The normalized spacial score (nSPS) is 10.5. The van der Waals surface area contributed by atoms with Gasteiger partial charge in [0, 0.05) is 18.1 Å². The van der Waals surface area contributed by atoms with Crippen LogP contribution < -0.4 is 0 Å². The molecule has 144 valence electrons. The number of carbonyl (C=O) groups is 2. The second-order valence-corrected chi connectivity index (χ2v) is 5.94. The Labute approximate surface area is 154 Å². The van der Waals surface area contributed by atoms with Crippen LogP contribution in [-0.4, -0.2) is 48.5 Å². The second kappa shape index (κ2) is 10.5. The maximum atomic E-state index is 12.2. The fourth-order valence-electron chi connectivity index (χ4n) is 2.27. The lowest BCUT2D eigenvalue weighted by atomic mass is 10.1. The molecule has 1 heterocycles. The van der Waals surface area contributed by atoms with Crippen molar-refractivity contribution in [3.05, 3.63) is 36.0 Å². The predicted molar refractivity (Wildman–Crippen MR) is 100 cm³/mol. The van der Waals surface area contributed by atoms with Gasteiger partial charge in [0.15, 0.2) is 0 Å². The number of para-hydroxylation sites is 1. The van der Waals surface area contributed by atoms with Gasteiger partial charge < -0.3 is 9.64 Å². The summed E-state index contributed by atoms with van der Waals surface area (Å²) >= 11 is 0. The average molecular weight is 364 g/mol. The summed E-state index contributed by atoms with van der Waals surface area (Å²) in [6, 6.07) is 7.49. The zero-order valence-corrected chi connectivity index (χ0v) is 16.3. The van der Waals surface area contributed by atoms with Crippen LogP contribution in [0.3, 0.4) is 0 Å². The van der Waals surface area contributed by atoms with E-state index in [-0.39, 0.29) is 6.10 Å². The molecule has 0 saturated carbocycles. The lowest BCUT2D eigenvalue weighted by Gasteiger charge is -2.08. The fourth-order valence-corrected chi connectivity index (χ4v) is 2.27. The summed E-state index contributed by atoms with van der Waals surface area (Å²) in [6.07, 6.45) is 0.268. The molecule has 7 nitrogen and oxygen atoms in total. The van der Waals surface area contributed by atoms with Crippen LogP contribution >= 0.6 is 0 Å². The van der Waals surface area contributed by atoms with Crippen molar-refractivity contribution in [2.24, 2.45) is 0 Å². The third-order valence-electron chi connectivity index (χ3n) is 3.33. The van der Waals surface area contributed by atoms with Crippen LogP contribution in [0.1, 0.15) is 33.3 Å². The minimum absolute atomic E-state index is 0.360. The van der Waals surface area contributed by atoms with Gasteiger partial charge in [-0.1, -0.05) is 32.0 Å². The molecule has 0 bridgehead atoms. The number of fused-ring (bicyclic) bond motifs is 1. The van der Waals surface area contributed by atoms with E-state index in [0.29, 0.717) is 5.52 Å². The highest BCUT2D eigenvalue weighted by Crippen LogP contribution is 2.22. The molecular weight excluding hydrogens is 336 g/mol. The maximum Gasteiger partial charge on any atom is 0.550 e. The minimum Gasteiger partial charge on any atom is -0.429 e. The third-order valence-corrected chi connectivity index (χ3v) is 3.33. The van der Waals surface area contributed by atoms with E-state index in [1.165, 1.54) is 4.57 Å². The van der Waals surface area contributed by atoms with E-state index in [1.54, 1.807) is 20.0 Å². The topological polar surface area (TPSA) is 70.0 Å². The molecule has 0 spiro atoms. The first-order valence-electron chi connectivity index (χ1n) is 8.71. The first-order chi connectivity index (χ1) is 12.4. The molecule has 26 heavy (non-hydrogen) atoms. The molecule has 0 aliphatic rings. The van der Waals surface area contributed by atoms with E-state index < -0.39 is 12.2 Å². The summed E-state index contributed by atoms with van der Waals surface area (Å²) in [5, 5.41) is 0.959. The summed E-state index contributed by atoms with van der Waals surface area (Å²) in [4.78, 5) is 34.5. The van der Waals surface area contributed by atoms with Gasteiger partial charge in [0.25, 0.3) is 0 Å². The number of likely N-dealkylation sites (N-methyl/N-ethyl adjacent to an activating group) is 1. The zero-order chi connectivity index (χ0) is 19.7. The largest absolute Gasteiger partial charge is 0.550 e. The summed E-state index contributed by atoms with van der Waals surface area (Å²) < 4.78 is 6.06. The van der Waals surface area contributed by atoms with Crippen molar-refractivity contribution in [1.82, 2.24) is 9.47 Å². The number of hydrogen-bond donors (Lipinski definition) is 0. The van der Waals surface area contributed by atoms with E-state index in [9.17, 15) is 9.59 Å². The molecule has 0 radical (unpaired) electrons. The Bertz CT molecular complexity index is 722. The van der Waals surface area contributed by atoms with Crippen LogP contribution in [0.15, 0.2) is 30.5 Å². The lowest BCUT2D eigenvalue weighted by Crippen LogP contribution is -2.19. The second-order valence-electron chi connectivity index (χ2n) is 5.94. The van der Waals surface area contributed by atoms with Gasteiger partial charge in [-0.05, 0) is 46.0 Å². The maximum absolute atomic E-state index is 12.2. The SMILES string of the molecule is CC.CC(C)OC(=O)OOC(=O)n1cc(CCN(C)C)c2ccccc21. The average Bonchev–Trinajstić information content (AvgIpc) is 2.98. The van der Waals surface area contributed by atoms with Crippen molar-refractivity contribution in [3.8, 4) is 0 Å². The first kappa shape index (κ1) is 21.5. The molecule has 0 atom stereocenters. The number of benzene rings is 1. The van der Waals surface area contributed by atoms with E-state index in [1.807, 2.05) is 52.2 Å². The number of rotatable bonds is 4. The van der Waals surface area contributed by atoms with Crippen molar-refractivity contribution in [2.45, 2.75) is 40.2 Å². The third kappa shape index (κ3) is 6.07. The molecule has 0 unspecified atom stereocenters. The van der Waals surface area contributed by atoms with Gasteiger partial charge in [-0.15, -0.1) is 0 Å². The van der Waals surface area contributed by atoms with Gasteiger partial charge in [-0.2, -0.15) is 4.79 Å². The van der Waals surface area contributed by atoms with Crippen LogP contribution in [0.2, 0.25) is 0 Å². The molecule has 0 N–H and O–H groups in total. The van der Waals surface area contributed by atoms with Crippen LogP contribution in [0, 0.1) is 0 Å². The van der Waals surface area contributed by atoms with Gasteiger partial charge >= 0.3 is 12.2 Å². The lowest BCUT2D eigenvalue weighted by molar-refractivity contribution is -0.202. The molecule has 1 aromatic carbocycles. The van der Waals surface area contributed by atoms with Gasteiger partial charge in [0.1, 0.15) is 0 Å². The number of ether oxygens (including phenoxy) is 1. The number of aromatic nitrogens is 1. The first-order valence-corrected chi connectivity index (χ1v) is 8.71. The highest BCUT2D eigenvalue weighted by Gasteiger charge is 2.18. The van der Waals surface area contributed by atoms with Crippen LogP contribution in [0.5, 0.6) is 0 Å².